The van der Waals surface area contributed by atoms with Gasteiger partial charge in [0.2, 0.25) is 0 Å². The maximum absolute atomic E-state index is 13.2. The van der Waals surface area contributed by atoms with Gasteiger partial charge in [0.1, 0.15) is 5.92 Å². The van der Waals surface area contributed by atoms with Gasteiger partial charge in [-0.25, -0.2) is 0 Å². The molecule has 0 aliphatic rings. The van der Waals surface area contributed by atoms with Gasteiger partial charge in [-0.3, -0.25) is 9.59 Å². The van der Waals surface area contributed by atoms with Crippen molar-refractivity contribution in [3.63, 3.8) is 0 Å². The van der Waals surface area contributed by atoms with Gasteiger partial charge in [-0.2, -0.15) is 0 Å². The van der Waals surface area contributed by atoms with Crippen molar-refractivity contribution in [1.29, 1.82) is 0 Å². The lowest BCUT2D eigenvalue weighted by Crippen LogP contribution is -2.30. The highest BCUT2D eigenvalue weighted by Crippen LogP contribution is 2.30. The summed E-state index contributed by atoms with van der Waals surface area (Å²) < 4.78 is 0. The van der Waals surface area contributed by atoms with Crippen LogP contribution in [0.3, 0.4) is 0 Å². The molecule has 1 atom stereocenters. The highest BCUT2D eigenvalue weighted by molar-refractivity contribution is 6.17. The van der Waals surface area contributed by atoms with Crippen LogP contribution in [0.25, 0.3) is 0 Å². The summed E-state index contributed by atoms with van der Waals surface area (Å²) >= 11 is 0. The van der Waals surface area contributed by atoms with Crippen molar-refractivity contribution in [1.82, 2.24) is 0 Å². The molecule has 0 N–H and O–H groups in total. The van der Waals surface area contributed by atoms with Crippen molar-refractivity contribution >= 4 is 11.6 Å². The van der Waals surface area contributed by atoms with Gasteiger partial charge in [0.05, 0.1) is 5.92 Å². The third-order valence-electron chi connectivity index (χ3n) is 4.35. The molecular formula is C24H18O2. The van der Waals surface area contributed by atoms with Crippen LogP contribution in [0.4, 0.5) is 0 Å². The fraction of sp³-hybridized carbons (Fsp3) is 0.0833. The number of hydrogen-bond acceptors (Lipinski definition) is 2. The molecule has 2 nitrogen and oxygen atoms in total. The lowest BCUT2D eigenvalue weighted by Gasteiger charge is -2.22. The number of hydrogen-bond donors (Lipinski definition) is 0. The number of benzene rings is 3. The smallest absolute Gasteiger partial charge is 0.175 e. The van der Waals surface area contributed by atoms with Crippen LogP contribution in [0.2, 0.25) is 0 Å². The summed E-state index contributed by atoms with van der Waals surface area (Å²) in [5.74, 6) is 0.568. The Morgan fingerprint density at radius 1 is 0.654 bits per heavy atom. The molecule has 0 aliphatic heterocycles. The van der Waals surface area contributed by atoms with Gasteiger partial charge in [-0.1, -0.05) is 96.9 Å². The lowest BCUT2D eigenvalue weighted by molar-refractivity contribution is 0.0797. The molecule has 0 saturated heterocycles. The zero-order valence-electron chi connectivity index (χ0n) is 14.2. The van der Waals surface area contributed by atoms with Crippen molar-refractivity contribution in [3.05, 3.63) is 108 Å². The number of carbonyl (C=O) groups excluding carboxylic acids is 2. The van der Waals surface area contributed by atoms with E-state index in [0.717, 1.165) is 5.56 Å². The standard InChI is InChI=1S/C24H18O2/c1-2-21(18-12-6-3-7-13-18)22(23(25)19-14-8-4-9-15-19)24(26)20-16-10-5-11-17-20/h1,3-17,21-22H. The maximum atomic E-state index is 13.2. The minimum atomic E-state index is -0.966. The molecule has 0 saturated carbocycles. The van der Waals surface area contributed by atoms with Gasteiger partial charge in [0.25, 0.3) is 0 Å². The fourth-order valence-corrected chi connectivity index (χ4v) is 3.03. The molecule has 0 aromatic heterocycles. The second-order valence-corrected chi connectivity index (χ2v) is 5.99. The second kappa shape index (κ2) is 8.09. The predicted molar refractivity (Wildman–Crippen MR) is 103 cm³/mol. The van der Waals surface area contributed by atoms with Crippen molar-refractivity contribution in [2.75, 3.05) is 0 Å². The van der Waals surface area contributed by atoms with E-state index in [2.05, 4.69) is 5.92 Å². The minimum Gasteiger partial charge on any atom is -0.293 e. The molecule has 0 spiro atoms. The van der Waals surface area contributed by atoms with Crippen LogP contribution in [-0.2, 0) is 0 Å². The van der Waals surface area contributed by atoms with Crippen LogP contribution < -0.4 is 0 Å². The normalized spacial score (nSPS) is 11.5. The Kier molecular flexibility index (Phi) is 5.41. The third-order valence-corrected chi connectivity index (χ3v) is 4.35. The second-order valence-electron chi connectivity index (χ2n) is 5.99. The van der Waals surface area contributed by atoms with E-state index in [9.17, 15) is 9.59 Å². The Hall–Kier alpha value is -3.44. The van der Waals surface area contributed by atoms with Crippen LogP contribution in [0, 0.1) is 18.3 Å². The molecule has 0 heterocycles. The summed E-state index contributed by atoms with van der Waals surface area (Å²) in [6.07, 6.45) is 5.78. The van der Waals surface area contributed by atoms with Crippen LogP contribution in [-0.4, -0.2) is 11.6 Å². The fourth-order valence-electron chi connectivity index (χ4n) is 3.03. The molecule has 1 unspecified atom stereocenters. The highest BCUT2D eigenvalue weighted by atomic mass is 16.2. The Bertz CT molecular complexity index is 871. The van der Waals surface area contributed by atoms with Gasteiger partial charge in [0.15, 0.2) is 11.6 Å². The highest BCUT2D eigenvalue weighted by Gasteiger charge is 2.35. The molecule has 0 fully saturated rings. The number of ketones is 2. The van der Waals surface area contributed by atoms with E-state index in [0.29, 0.717) is 11.1 Å². The summed E-state index contributed by atoms with van der Waals surface area (Å²) in [5.41, 5.74) is 1.75. The Balaban J connectivity index is 2.08. The first kappa shape index (κ1) is 17.4. The first-order chi connectivity index (χ1) is 12.7. The van der Waals surface area contributed by atoms with E-state index in [4.69, 9.17) is 6.42 Å². The summed E-state index contributed by atoms with van der Waals surface area (Å²) in [6, 6.07) is 27.0. The van der Waals surface area contributed by atoms with E-state index in [-0.39, 0.29) is 11.6 Å². The lowest BCUT2D eigenvalue weighted by atomic mass is 9.77. The SMILES string of the molecule is C#CC(c1ccccc1)C(C(=O)c1ccccc1)C(=O)c1ccccc1. The molecule has 126 valence electrons. The van der Waals surface area contributed by atoms with Crippen LogP contribution in [0.5, 0.6) is 0 Å². The summed E-state index contributed by atoms with van der Waals surface area (Å²) in [6.45, 7) is 0. The number of carbonyl (C=O) groups is 2. The van der Waals surface area contributed by atoms with Crippen molar-refractivity contribution in [2.45, 2.75) is 5.92 Å². The van der Waals surface area contributed by atoms with Crippen molar-refractivity contribution < 1.29 is 9.59 Å². The van der Waals surface area contributed by atoms with Gasteiger partial charge in [0, 0.05) is 11.1 Å². The van der Waals surface area contributed by atoms with E-state index in [1.807, 2.05) is 42.5 Å². The van der Waals surface area contributed by atoms with Crippen LogP contribution in [0.15, 0.2) is 91.0 Å². The van der Waals surface area contributed by atoms with Crippen molar-refractivity contribution in [2.24, 2.45) is 5.92 Å². The summed E-state index contributed by atoms with van der Waals surface area (Å²) in [5, 5.41) is 0. The monoisotopic (exact) mass is 338 g/mol. The summed E-state index contributed by atoms with van der Waals surface area (Å²) in [7, 11) is 0. The maximum Gasteiger partial charge on any atom is 0.175 e. The van der Waals surface area contributed by atoms with Gasteiger partial charge in [-0.05, 0) is 5.56 Å². The average Bonchev–Trinajstić information content (AvgIpc) is 2.73. The Morgan fingerprint density at radius 2 is 1.04 bits per heavy atom. The molecule has 3 rings (SSSR count). The molecule has 0 bridgehead atoms. The summed E-state index contributed by atoms with van der Waals surface area (Å²) in [4.78, 5) is 26.4. The van der Waals surface area contributed by atoms with E-state index < -0.39 is 11.8 Å². The van der Waals surface area contributed by atoms with Crippen LogP contribution >= 0.6 is 0 Å². The van der Waals surface area contributed by atoms with E-state index >= 15 is 0 Å². The first-order valence-corrected chi connectivity index (χ1v) is 8.42. The van der Waals surface area contributed by atoms with Crippen molar-refractivity contribution in [3.8, 4) is 12.3 Å². The first-order valence-electron chi connectivity index (χ1n) is 8.42. The zero-order chi connectivity index (χ0) is 18.4. The topological polar surface area (TPSA) is 34.1 Å². The van der Waals surface area contributed by atoms with E-state index in [1.54, 1.807) is 48.5 Å². The molecule has 3 aromatic rings. The van der Waals surface area contributed by atoms with E-state index in [1.165, 1.54) is 0 Å². The quantitative estimate of drug-likeness (QED) is 0.368. The predicted octanol–water partition coefficient (Wildman–Crippen LogP) is 4.79. The molecule has 0 radical (unpaired) electrons. The molecular weight excluding hydrogens is 320 g/mol. The number of Topliss-reactive ketones (excluding diaryl/α,β-unsaturated/α-hetero) is 2. The molecule has 26 heavy (non-hydrogen) atoms. The van der Waals surface area contributed by atoms with Crippen LogP contribution in [0.1, 0.15) is 32.2 Å². The minimum absolute atomic E-state index is 0.258. The van der Waals surface area contributed by atoms with Gasteiger partial charge >= 0.3 is 0 Å². The average molecular weight is 338 g/mol. The third kappa shape index (κ3) is 3.63. The van der Waals surface area contributed by atoms with Gasteiger partial charge in [-0.15, -0.1) is 6.42 Å². The molecule has 2 heteroatoms. The molecule has 3 aromatic carbocycles. The molecule has 0 amide bonds. The number of rotatable bonds is 6. The zero-order valence-corrected chi connectivity index (χ0v) is 14.2. The molecule has 0 aliphatic carbocycles. The largest absolute Gasteiger partial charge is 0.293 e. The Labute approximate surface area is 153 Å². The van der Waals surface area contributed by atoms with Gasteiger partial charge < -0.3 is 0 Å². The Morgan fingerprint density at radius 3 is 1.42 bits per heavy atom. The number of terminal acetylenes is 1.